The second kappa shape index (κ2) is 26.1. The van der Waals surface area contributed by atoms with Crippen LogP contribution in [0.15, 0.2) is 0 Å². The van der Waals surface area contributed by atoms with Crippen molar-refractivity contribution in [3.63, 3.8) is 0 Å². The maximum atomic E-state index is 4.73. The highest BCUT2D eigenvalue weighted by Crippen LogP contribution is 2.15. The molecule has 0 bridgehead atoms. The summed E-state index contributed by atoms with van der Waals surface area (Å²) in [4.78, 5) is 0. The molecule has 0 saturated heterocycles. The Labute approximate surface area is 178 Å². The summed E-state index contributed by atoms with van der Waals surface area (Å²) in [5.41, 5.74) is 0. The van der Waals surface area contributed by atoms with Crippen LogP contribution in [-0.4, -0.2) is 5.37 Å². The first-order valence-corrected chi connectivity index (χ1v) is 13.2. The van der Waals surface area contributed by atoms with E-state index in [0.29, 0.717) is 0 Å². The lowest BCUT2D eigenvalue weighted by atomic mass is 10.0. The molecule has 0 aromatic heterocycles. The van der Waals surface area contributed by atoms with Crippen molar-refractivity contribution in [2.24, 2.45) is 0 Å². The quantitative estimate of drug-likeness (QED) is 0.116. The molecule has 0 atom stereocenters. The molecule has 0 aromatic carbocycles. The Hall–Kier alpha value is 0.0900. The van der Waals surface area contributed by atoms with E-state index in [2.05, 4.69) is 12.3 Å². The van der Waals surface area contributed by atoms with Gasteiger partial charge in [0.25, 0.3) is 0 Å². The summed E-state index contributed by atoms with van der Waals surface area (Å²) < 4.78 is 0. The molecule has 0 spiro atoms. The second-order valence-corrected chi connectivity index (χ2v) is 8.96. The maximum absolute atomic E-state index is 4.73. The van der Waals surface area contributed by atoms with Crippen LogP contribution in [0.1, 0.15) is 161 Å². The third kappa shape index (κ3) is 26.1. The number of hydrogen-bond donors (Lipinski definition) is 0. The van der Waals surface area contributed by atoms with Crippen molar-refractivity contribution in [3.8, 4) is 0 Å². The van der Waals surface area contributed by atoms with Crippen LogP contribution in [0, 0.1) is 0 Å². The summed E-state index contributed by atoms with van der Waals surface area (Å²) in [7, 11) is 0. The van der Waals surface area contributed by atoms with Crippen LogP contribution >= 0.6 is 12.2 Å². The molecule has 0 saturated carbocycles. The van der Waals surface area contributed by atoms with Crippen molar-refractivity contribution in [2.75, 3.05) is 0 Å². The molecule has 0 amide bonds. The van der Waals surface area contributed by atoms with Gasteiger partial charge in [-0.2, -0.15) is 0 Å². The molecular formula is C26H51S. The molecule has 0 fully saturated rings. The molecule has 1 heteroatoms. The molecule has 1 radical (unpaired) electrons. The van der Waals surface area contributed by atoms with E-state index in [1.54, 1.807) is 0 Å². The zero-order valence-electron chi connectivity index (χ0n) is 18.9. The lowest BCUT2D eigenvalue weighted by Gasteiger charge is -2.04. The van der Waals surface area contributed by atoms with E-state index in [4.69, 9.17) is 12.2 Å². The van der Waals surface area contributed by atoms with Gasteiger partial charge < -0.3 is 0 Å². The zero-order valence-corrected chi connectivity index (χ0v) is 19.7. The normalized spacial score (nSPS) is 11.1. The first kappa shape index (κ1) is 27.1. The van der Waals surface area contributed by atoms with Gasteiger partial charge in [0, 0.05) is 5.37 Å². The minimum Gasteiger partial charge on any atom is -0.0837 e. The topological polar surface area (TPSA) is 0 Å². The second-order valence-electron chi connectivity index (χ2n) is 8.67. The first-order valence-electron chi connectivity index (χ1n) is 12.8. The highest BCUT2D eigenvalue weighted by Gasteiger charge is 1.95. The van der Waals surface area contributed by atoms with E-state index < -0.39 is 0 Å². The Kier molecular flexibility index (Phi) is 26.2. The fourth-order valence-electron chi connectivity index (χ4n) is 3.98. The molecular weight excluding hydrogens is 344 g/mol. The highest BCUT2D eigenvalue weighted by atomic mass is 32.1. The minimum absolute atomic E-state index is 1.01. The summed E-state index contributed by atoms with van der Waals surface area (Å²) in [6, 6.07) is 0. The average Bonchev–Trinajstić information content (AvgIpc) is 2.68. The van der Waals surface area contributed by atoms with Crippen molar-refractivity contribution in [1.29, 1.82) is 0 Å². The van der Waals surface area contributed by atoms with E-state index in [9.17, 15) is 0 Å². The van der Waals surface area contributed by atoms with Crippen molar-refractivity contribution < 1.29 is 0 Å². The van der Waals surface area contributed by atoms with Gasteiger partial charge in [-0.15, -0.1) is 0 Å². The summed E-state index contributed by atoms with van der Waals surface area (Å²) >= 11 is 4.73. The lowest BCUT2D eigenvalue weighted by Crippen LogP contribution is -1.84. The number of hydrogen-bond acceptors (Lipinski definition) is 1. The van der Waals surface area contributed by atoms with Crippen LogP contribution in [0.2, 0.25) is 0 Å². The van der Waals surface area contributed by atoms with E-state index in [0.717, 1.165) is 6.42 Å². The van der Waals surface area contributed by atoms with E-state index in [-0.39, 0.29) is 0 Å². The van der Waals surface area contributed by atoms with Gasteiger partial charge in [-0.05, 0) is 12.8 Å². The van der Waals surface area contributed by atoms with Gasteiger partial charge in [0.1, 0.15) is 0 Å². The average molecular weight is 396 g/mol. The molecule has 0 aromatic rings. The summed E-state index contributed by atoms with van der Waals surface area (Å²) in [6.07, 6.45) is 34.3. The Morgan fingerprint density at radius 1 is 0.370 bits per heavy atom. The number of thiocarbonyl (C=S) groups is 1. The standard InChI is InChI=1S/C26H51S/c1-2-3-4-5-6-7-8-9-10-11-12-13-14-15-16-17-18-19-20-21-22-23-24-25-26-27/h2-25H2,1H3. The molecule has 0 aliphatic rings. The molecule has 0 rings (SSSR count). The van der Waals surface area contributed by atoms with Crippen molar-refractivity contribution in [2.45, 2.75) is 161 Å². The summed E-state index contributed by atoms with van der Waals surface area (Å²) in [5, 5.41) is 2.81. The van der Waals surface area contributed by atoms with Gasteiger partial charge in [0.15, 0.2) is 0 Å². The van der Waals surface area contributed by atoms with Crippen molar-refractivity contribution in [3.05, 3.63) is 0 Å². The monoisotopic (exact) mass is 395 g/mol. The van der Waals surface area contributed by atoms with Crippen molar-refractivity contribution in [1.82, 2.24) is 0 Å². The van der Waals surface area contributed by atoms with Gasteiger partial charge in [-0.3, -0.25) is 0 Å². The molecule has 0 heterocycles. The maximum Gasteiger partial charge on any atom is 0.0291 e. The van der Waals surface area contributed by atoms with Gasteiger partial charge in [0.05, 0.1) is 0 Å². The SMILES string of the molecule is CCCCCCCCCCCCCCCCCCCCCCCCC[C]=S. The van der Waals surface area contributed by atoms with Crippen LogP contribution in [0.3, 0.4) is 0 Å². The molecule has 0 aliphatic heterocycles. The Balaban J connectivity index is 2.96. The Morgan fingerprint density at radius 3 is 0.815 bits per heavy atom. The highest BCUT2D eigenvalue weighted by molar-refractivity contribution is 7.78. The summed E-state index contributed by atoms with van der Waals surface area (Å²) in [6.45, 7) is 2.30. The molecule has 27 heavy (non-hydrogen) atoms. The molecule has 0 aliphatic carbocycles. The smallest absolute Gasteiger partial charge is 0.0291 e. The van der Waals surface area contributed by atoms with Crippen LogP contribution in [0.4, 0.5) is 0 Å². The van der Waals surface area contributed by atoms with E-state index in [1.165, 1.54) is 148 Å². The predicted octanol–water partition coefficient (Wildman–Crippen LogP) is 10.2. The molecule has 0 unspecified atom stereocenters. The molecule has 161 valence electrons. The Bertz CT molecular complexity index is 261. The number of rotatable bonds is 24. The third-order valence-electron chi connectivity index (χ3n) is 5.88. The predicted molar refractivity (Wildman–Crippen MR) is 129 cm³/mol. The van der Waals surface area contributed by atoms with Gasteiger partial charge >= 0.3 is 0 Å². The van der Waals surface area contributed by atoms with Crippen LogP contribution in [-0.2, 0) is 0 Å². The first-order chi connectivity index (χ1) is 13.4. The van der Waals surface area contributed by atoms with E-state index in [1.807, 2.05) is 0 Å². The lowest BCUT2D eigenvalue weighted by molar-refractivity contribution is 0.518. The number of unbranched alkanes of at least 4 members (excludes halogenated alkanes) is 23. The van der Waals surface area contributed by atoms with Gasteiger partial charge in [0.2, 0.25) is 0 Å². The van der Waals surface area contributed by atoms with Gasteiger partial charge in [-0.25, -0.2) is 0 Å². The molecule has 0 N–H and O–H groups in total. The minimum atomic E-state index is 1.01. The van der Waals surface area contributed by atoms with Crippen molar-refractivity contribution >= 4 is 17.6 Å². The third-order valence-corrected chi connectivity index (χ3v) is 6.09. The zero-order chi connectivity index (χ0) is 19.7. The fraction of sp³-hybridized carbons (Fsp3) is 0.962. The summed E-state index contributed by atoms with van der Waals surface area (Å²) in [5.74, 6) is 0. The van der Waals surface area contributed by atoms with E-state index >= 15 is 0 Å². The largest absolute Gasteiger partial charge is 0.0837 e. The fourth-order valence-corrected chi connectivity index (χ4v) is 4.13. The van der Waals surface area contributed by atoms with Crippen LogP contribution in [0.5, 0.6) is 0 Å². The van der Waals surface area contributed by atoms with Crippen LogP contribution in [0.25, 0.3) is 0 Å². The van der Waals surface area contributed by atoms with Crippen LogP contribution < -0.4 is 0 Å². The Morgan fingerprint density at radius 2 is 0.593 bits per heavy atom. The molecule has 0 nitrogen and oxygen atoms in total. The van der Waals surface area contributed by atoms with Gasteiger partial charge in [-0.1, -0.05) is 160 Å².